The number of amides is 1. The number of Topliss-reactive ketones (excluding diaryl/α,β-unsaturated/α-hetero) is 1. The average molecular weight is 402 g/mol. The van der Waals surface area contributed by atoms with E-state index in [1.54, 1.807) is 6.07 Å². The lowest BCUT2D eigenvalue weighted by Crippen LogP contribution is -2.17. The number of hydrogen-bond donors (Lipinski definition) is 3. The molecule has 6 heteroatoms. The van der Waals surface area contributed by atoms with E-state index in [-0.39, 0.29) is 22.5 Å². The summed E-state index contributed by atoms with van der Waals surface area (Å²) in [5, 5.41) is 15.2. The third-order valence-electron chi connectivity index (χ3n) is 4.74. The van der Waals surface area contributed by atoms with Gasteiger partial charge in [-0.1, -0.05) is 30.3 Å². The fraction of sp³-hybridized carbons (Fsp3) is 0.125. The average Bonchev–Trinajstić information content (AvgIpc) is 2.74. The molecule has 0 saturated heterocycles. The van der Waals surface area contributed by atoms with Gasteiger partial charge in [-0.3, -0.25) is 9.59 Å². The van der Waals surface area contributed by atoms with Gasteiger partial charge in [0.05, 0.1) is 11.1 Å². The lowest BCUT2D eigenvalue weighted by atomic mass is 10.0. The minimum atomic E-state index is -1.23. The van der Waals surface area contributed by atoms with Crippen molar-refractivity contribution in [3.05, 3.63) is 94.5 Å². The van der Waals surface area contributed by atoms with E-state index >= 15 is 0 Å². The van der Waals surface area contributed by atoms with Crippen molar-refractivity contribution in [3.8, 4) is 0 Å². The zero-order valence-corrected chi connectivity index (χ0v) is 16.7. The molecule has 0 aliphatic heterocycles. The summed E-state index contributed by atoms with van der Waals surface area (Å²) in [7, 11) is 1.86. The summed E-state index contributed by atoms with van der Waals surface area (Å²) in [6, 6.07) is 19.4. The Morgan fingerprint density at radius 2 is 1.57 bits per heavy atom. The highest BCUT2D eigenvalue weighted by molar-refractivity contribution is 6.12. The van der Waals surface area contributed by atoms with Crippen molar-refractivity contribution >= 4 is 29.0 Å². The van der Waals surface area contributed by atoms with Crippen LogP contribution in [0.4, 0.5) is 11.4 Å². The van der Waals surface area contributed by atoms with Crippen LogP contribution < -0.4 is 10.6 Å². The van der Waals surface area contributed by atoms with Crippen LogP contribution in [0.25, 0.3) is 0 Å². The van der Waals surface area contributed by atoms with Gasteiger partial charge in [0.2, 0.25) is 0 Å². The molecule has 0 heterocycles. The van der Waals surface area contributed by atoms with Gasteiger partial charge < -0.3 is 15.7 Å². The van der Waals surface area contributed by atoms with Crippen LogP contribution >= 0.6 is 0 Å². The first-order chi connectivity index (χ1) is 14.4. The molecule has 3 rings (SSSR count). The van der Waals surface area contributed by atoms with Gasteiger partial charge in [0.1, 0.15) is 0 Å². The van der Waals surface area contributed by atoms with Gasteiger partial charge in [0.25, 0.3) is 5.91 Å². The Hall–Kier alpha value is -3.93. The van der Waals surface area contributed by atoms with Gasteiger partial charge in [-0.25, -0.2) is 4.79 Å². The number of rotatable bonds is 7. The number of carbonyl (C=O) groups is 3. The van der Waals surface area contributed by atoms with E-state index in [4.69, 9.17) is 0 Å². The second kappa shape index (κ2) is 9.05. The molecule has 1 amide bonds. The molecule has 3 aromatic rings. The highest BCUT2D eigenvalue weighted by Crippen LogP contribution is 2.19. The summed E-state index contributed by atoms with van der Waals surface area (Å²) in [5.74, 6) is -2.05. The molecule has 0 aliphatic carbocycles. The molecular weight excluding hydrogens is 380 g/mol. The Bertz CT molecular complexity index is 1100. The fourth-order valence-electron chi connectivity index (χ4n) is 3.12. The lowest BCUT2D eigenvalue weighted by Gasteiger charge is -2.11. The molecule has 0 saturated carbocycles. The van der Waals surface area contributed by atoms with Gasteiger partial charge >= 0.3 is 5.97 Å². The summed E-state index contributed by atoms with van der Waals surface area (Å²) in [4.78, 5) is 35.9. The number of hydrogen-bond acceptors (Lipinski definition) is 4. The zero-order valence-electron chi connectivity index (χ0n) is 16.7. The van der Waals surface area contributed by atoms with E-state index in [2.05, 4.69) is 10.6 Å². The van der Waals surface area contributed by atoms with Gasteiger partial charge in [-0.05, 0) is 60.9 Å². The third kappa shape index (κ3) is 4.91. The van der Waals surface area contributed by atoms with Crippen LogP contribution in [-0.2, 0) is 6.42 Å². The van der Waals surface area contributed by atoms with E-state index < -0.39 is 11.9 Å². The number of carboxylic acids is 1. The molecular formula is C24H22N2O4. The van der Waals surface area contributed by atoms with Gasteiger partial charge in [0.15, 0.2) is 5.78 Å². The molecule has 0 aliphatic rings. The van der Waals surface area contributed by atoms with Gasteiger partial charge in [0, 0.05) is 24.0 Å². The quantitative estimate of drug-likeness (QED) is 0.507. The normalized spacial score (nSPS) is 10.3. The first-order valence-electron chi connectivity index (χ1n) is 9.42. The summed E-state index contributed by atoms with van der Waals surface area (Å²) < 4.78 is 0. The molecule has 152 valence electrons. The van der Waals surface area contributed by atoms with Crippen LogP contribution in [0, 0.1) is 0 Å². The van der Waals surface area contributed by atoms with E-state index in [0.717, 1.165) is 16.8 Å². The number of carbonyl (C=O) groups excluding carboxylic acids is 2. The zero-order chi connectivity index (χ0) is 21.7. The van der Waals surface area contributed by atoms with Crippen molar-refractivity contribution in [2.45, 2.75) is 13.3 Å². The molecule has 3 aromatic carbocycles. The summed E-state index contributed by atoms with van der Waals surface area (Å²) in [6.07, 6.45) is 0.688. The highest BCUT2D eigenvalue weighted by Gasteiger charge is 2.18. The number of anilines is 2. The molecule has 0 unspecified atom stereocenters. The number of carboxylic acid groups (broad SMARTS) is 1. The van der Waals surface area contributed by atoms with Crippen molar-refractivity contribution in [2.75, 3.05) is 17.7 Å². The molecule has 0 aromatic heterocycles. The maximum absolute atomic E-state index is 12.8. The van der Waals surface area contributed by atoms with Crippen LogP contribution in [0.3, 0.4) is 0 Å². The highest BCUT2D eigenvalue weighted by atomic mass is 16.4. The maximum atomic E-state index is 12.8. The van der Waals surface area contributed by atoms with E-state index in [9.17, 15) is 19.5 Å². The largest absolute Gasteiger partial charge is 0.478 e. The van der Waals surface area contributed by atoms with Crippen molar-refractivity contribution in [1.29, 1.82) is 0 Å². The van der Waals surface area contributed by atoms with Crippen molar-refractivity contribution < 1.29 is 19.5 Å². The van der Waals surface area contributed by atoms with Crippen molar-refractivity contribution in [2.24, 2.45) is 0 Å². The second-order valence-corrected chi connectivity index (χ2v) is 6.90. The Morgan fingerprint density at radius 1 is 0.833 bits per heavy atom. The number of ketones is 1. The first-order valence-corrected chi connectivity index (χ1v) is 9.42. The molecule has 3 N–H and O–H groups in total. The summed E-state index contributed by atoms with van der Waals surface area (Å²) in [6.45, 7) is 1.37. The van der Waals surface area contributed by atoms with Crippen molar-refractivity contribution in [3.63, 3.8) is 0 Å². The predicted molar refractivity (Wildman–Crippen MR) is 117 cm³/mol. The van der Waals surface area contributed by atoms with Crippen LogP contribution in [0.5, 0.6) is 0 Å². The Balaban J connectivity index is 1.82. The number of benzene rings is 3. The van der Waals surface area contributed by atoms with E-state index in [1.165, 1.54) is 25.1 Å². The molecule has 6 nitrogen and oxygen atoms in total. The van der Waals surface area contributed by atoms with Crippen LogP contribution in [0.15, 0.2) is 66.7 Å². The van der Waals surface area contributed by atoms with Crippen LogP contribution in [0.2, 0.25) is 0 Å². The summed E-state index contributed by atoms with van der Waals surface area (Å²) in [5.41, 5.74) is 3.78. The minimum absolute atomic E-state index is 0.0525. The van der Waals surface area contributed by atoms with Crippen LogP contribution in [0.1, 0.15) is 49.1 Å². The molecule has 30 heavy (non-hydrogen) atoms. The molecule has 0 atom stereocenters. The van der Waals surface area contributed by atoms with E-state index in [0.29, 0.717) is 12.1 Å². The topological polar surface area (TPSA) is 95.5 Å². The Labute approximate surface area is 174 Å². The lowest BCUT2D eigenvalue weighted by molar-refractivity contribution is 0.0692. The fourth-order valence-corrected chi connectivity index (χ4v) is 3.12. The van der Waals surface area contributed by atoms with Gasteiger partial charge in [-0.2, -0.15) is 0 Å². The Morgan fingerprint density at radius 3 is 2.20 bits per heavy atom. The number of aromatic carboxylic acids is 1. The number of nitrogens with one attached hydrogen (secondary N) is 2. The molecule has 0 bridgehead atoms. The van der Waals surface area contributed by atoms with Crippen molar-refractivity contribution in [1.82, 2.24) is 0 Å². The standard InChI is InChI=1S/C24H22N2O4/c1-15(27)18-8-11-21(24(29)30)22(14-18)23(28)26-20-5-3-4-17(13-20)12-16-6-9-19(25-2)10-7-16/h3-11,13-14,25H,12H2,1-2H3,(H,26,28)(H,29,30). The minimum Gasteiger partial charge on any atom is -0.478 e. The second-order valence-electron chi connectivity index (χ2n) is 6.90. The Kier molecular flexibility index (Phi) is 6.27. The SMILES string of the molecule is CNc1ccc(Cc2cccc(NC(=O)c3cc(C(C)=O)ccc3C(=O)O)c2)cc1. The van der Waals surface area contributed by atoms with E-state index in [1.807, 2.05) is 49.5 Å². The van der Waals surface area contributed by atoms with Gasteiger partial charge in [-0.15, -0.1) is 0 Å². The monoisotopic (exact) mass is 402 g/mol. The maximum Gasteiger partial charge on any atom is 0.336 e. The molecule has 0 radical (unpaired) electrons. The summed E-state index contributed by atoms with van der Waals surface area (Å²) >= 11 is 0. The van der Waals surface area contributed by atoms with Crippen LogP contribution in [-0.4, -0.2) is 29.8 Å². The third-order valence-corrected chi connectivity index (χ3v) is 4.74. The predicted octanol–water partition coefficient (Wildman–Crippen LogP) is 4.47. The first kappa shape index (κ1) is 20.8. The molecule has 0 fully saturated rings. The molecule has 0 spiro atoms. The smallest absolute Gasteiger partial charge is 0.336 e.